The van der Waals surface area contributed by atoms with Gasteiger partial charge in [0.1, 0.15) is 10.2 Å². The van der Waals surface area contributed by atoms with Gasteiger partial charge in [0.05, 0.1) is 25.2 Å². The highest BCUT2D eigenvalue weighted by Crippen LogP contribution is 2.17. The molecule has 0 spiro atoms. The number of esters is 1. The molecule has 2 N–H and O–H groups in total. The van der Waals surface area contributed by atoms with E-state index in [4.69, 9.17) is 4.74 Å². The van der Waals surface area contributed by atoms with Gasteiger partial charge in [0.15, 0.2) is 10.8 Å². The summed E-state index contributed by atoms with van der Waals surface area (Å²) in [6, 6.07) is 0. The van der Waals surface area contributed by atoms with E-state index in [0.29, 0.717) is 4.60 Å². The highest BCUT2D eigenvalue weighted by atomic mass is 79.9. The van der Waals surface area contributed by atoms with Crippen LogP contribution >= 0.6 is 15.9 Å². The average molecular weight is 376 g/mol. The first kappa shape index (κ1) is 15.4. The number of rotatable bonds is 5. The van der Waals surface area contributed by atoms with Crippen LogP contribution in [-0.2, 0) is 14.8 Å². The molecule has 11 heteroatoms. The fourth-order valence-corrected chi connectivity index (χ4v) is 2.67. The molecule has 2 aromatic heterocycles. The summed E-state index contributed by atoms with van der Waals surface area (Å²) in [7, 11) is -4.06. The second kappa shape index (κ2) is 6.18. The van der Waals surface area contributed by atoms with Gasteiger partial charge in [0.2, 0.25) is 0 Å². The summed E-state index contributed by atoms with van der Waals surface area (Å²) in [5, 5.41) is 5.42. The van der Waals surface area contributed by atoms with Crippen LogP contribution in [0.15, 0.2) is 28.2 Å². The van der Waals surface area contributed by atoms with Crippen LogP contribution in [-0.4, -0.2) is 41.2 Å². The predicted molar refractivity (Wildman–Crippen MR) is 75.1 cm³/mol. The van der Waals surface area contributed by atoms with Crippen molar-refractivity contribution < 1.29 is 17.9 Å². The number of hydrogen-bond acceptors (Lipinski definition) is 7. The minimum atomic E-state index is -4.06. The Hall–Kier alpha value is -2.01. The zero-order valence-corrected chi connectivity index (χ0v) is 13.1. The van der Waals surface area contributed by atoms with E-state index < -0.39 is 21.0 Å². The maximum Gasteiger partial charge on any atom is 0.342 e. The van der Waals surface area contributed by atoms with E-state index in [1.807, 2.05) is 0 Å². The van der Waals surface area contributed by atoms with Crippen LogP contribution in [0.5, 0.6) is 0 Å². The number of hydrogen-bond donors (Lipinski definition) is 2. The summed E-state index contributed by atoms with van der Waals surface area (Å²) in [4.78, 5) is 19.3. The number of aromatic amines is 1. The number of nitrogens with zero attached hydrogens (tertiary/aromatic N) is 3. The second-order valence-corrected chi connectivity index (χ2v) is 6.09. The van der Waals surface area contributed by atoms with Gasteiger partial charge >= 0.3 is 5.97 Å². The number of ether oxygens (including phenoxy) is 1. The van der Waals surface area contributed by atoms with Crippen molar-refractivity contribution in [2.24, 2.45) is 0 Å². The molecular formula is C10H10BrN5O4S. The van der Waals surface area contributed by atoms with Crippen LogP contribution in [0.2, 0.25) is 0 Å². The van der Waals surface area contributed by atoms with Crippen LogP contribution in [0.25, 0.3) is 0 Å². The zero-order chi connectivity index (χ0) is 15.5. The normalized spacial score (nSPS) is 11.1. The topological polar surface area (TPSA) is 127 Å². The number of H-pyrrole nitrogens is 1. The van der Waals surface area contributed by atoms with Crippen LogP contribution in [0.3, 0.4) is 0 Å². The van der Waals surface area contributed by atoms with Gasteiger partial charge in [-0.3, -0.25) is 9.82 Å². The first-order valence-electron chi connectivity index (χ1n) is 5.65. The molecule has 0 bridgehead atoms. The van der Waals surface area contributed by atoms with Crippen LogP contribution in [0.1, 0.15) is 17.3 Å². The number of sulfonamides is 1. The molecule has 0 saturated carbocycles. The van der Waals surface area contributed by atoms with Crippen molar-refractivity contribution in [2.45, 2.75) is 11.9 Å². The summed E-state index contributed by atoms with van der Waals surface area (Å²) < 4.78 is 31.8. The van der Waals surface area contributed by atoms with E-state index in [9.17, 15) is 13.2 Å². The minimum absolute atomic E-state index is 0.00242. The summed E-state index contributed by atoms with van der Waals surface area (Å²) in [6.45, 7) is 1.73. The van der Waals surface area contributed by atoms with Gasteiger partial charge in [-0.05, 0) is 22.9 Å². The standard InChI is InChI=1S/C10H10BrN5O4S/c1-2-20-10(17)6-3-14-15-9(6)21(18,19)16-8-5-12-7(11)4-13-8/h3-5H,2H2,1H3,(H,13,16)(H,14,15). The zero-order valence-electron chi connectivity index (χ0n) is 10.7. The lowest BCUT2D eigenvalue weighted by Gasteiger charge is -2.06. The van der Waals surface area contributed by atoms with Gasteiger partial charge < -0.3 is 4.74 Å². The Bertz CT molecular complexity index is 743. The molecule has 2 heterocycles. The number of carbonyl (C=O) groups excluding carboxylic acids is 1. The maximum absolute atomic E-state index is 12.2. The van der Waals surface area contributed by atoms with Gasteiger partial charge in [0.25, 0.3) is 10.0 Å². The third-order valence-corrected chi connectivity index (χ3v) is 3.96. The molecule has 0 radical (unpaired) electrons. The first-order valence-corrected chi connectivity index (χ1v) is 7.92. The van der Waals surface area contributed by atoms with Crippen molar-refractivity contribution in [3.8, 4) is 0 Å². The summed E-state index contributed by atoms with van der Waals surface area (Å²) >= 11 is 3.08. The molecule has 0 saturated heterocycles. The molecule has 0 fully saturated rings. The van der Waals surface area contributed by atoms with Gasteiger partial charge in [0, 0.05) is 0 Å². The molecule has 0 amide bonds. The maximum atomic E-state index is 12.2. The quantitative estimate of drug-likeness (QED) is 0.744. The average Bonchev–Trinajstić information content (AvgIpc) is 2.92. The van der Waals surface area contributed by atoms with Crippen molar-refractivity contribution in [3.05, 3.63) is 28.8 Å². The van der Waals surface area contributed by atoms with Crippen molar-refractivity contribution in [3.63, 3.8) is 0 Å². The molecule has 112 valence electrons. The Kier molecular flexibility index (Phi) is 4.53. The second-order valence-electron chi connectivity index (χ2n) is 3.66. The highest BCUT2D eigenvalue weighted by Gasteiger charge is 2.26. The third kappa shape index (κ3) is 3.55. The molecule has 0 atom stereocenters. The summed E-state index contributed by atoms with van der Waals surface area (Å²) in [5.41, 5.74) is -0.186. The highest BCUT2D eigenvalue weighted by molar-refractivity contribution is 9.10. The first-order chi connectivity index (χ1) is 9.94. The molecule has 0 aromatic carbocycles. The lowest BCUT2D eigenvalue weighted by molar-refractivity contribution is 0.0522. The lowest BCUT2D eigenvalue weighted by atomic mass is 10.4. The predicted octanol–water partition coefficient (Wildman–Crippen LogP) is 0.940. The Balaban J connectivity index is 2.30. The fourth-order valence-electron chi connectivity index (χ4n) is 1.39. The number of nitrogens with one attached hydrogen (secondary N) is 2. The minimum Gasteiger partial charge on any atom is -0.462 e. The van der Waals surface area contributed by atoms with Gasteiger partial charge in [-0.1, -0.05) is 0 Å². The molecule has 9 nitrogen and oxygen atoms in total. The molecule has 0 aliphatic rings. The molecule has 2 rings (SSSR count). The van der Waals surface area contributed by atoms with E-state index in [-0.39, 0.29) is 18.0 Å². The van der Waals surface area contributed by atoms with Gasteiger partial charge in [-0.2, -0.15) is 13.5 Å². The van der Waals surface area contributed by atoms with E-state index in [0.717, 1.165) is 6.20 Å². The van der Waals surface area contributed by atoms with Crippen molar-refractivity contribution in [1.29, 1.82) is 0 Å². The smallest absolute Gasteiger partial charge is 0.342 e. The molecule has 0 aliphatic carbocycles. The number of anilines is 1. The Morgan fingerprint density at radius 1 is 1.38 bits per heavy atom. The Morgan fingerprint density at radius 3 is 2.76 bits per heavy atom. The summed E-state index contributed by atoms with van der Waals surface area (Å²) in [6.07, 6.45) is 3.64. The Labute approximate surface area is 128 Å². The molecular weight excluding hydrogens is 366 g/mol. The monoisotopic (exact) mass is 375 g/mol. The van der Waals surface area contributed by atoms with Crippen molar-refractivity contribution in [2.75, 3.05) is 11.3 Å². The molecule has 0 unspecified atom stereocenters. The number of carbonyl (C=O) groups is 1. The summed E-state index contributed by atoms with van der Waals surface area (Å²) in [5.74, 6) is -0.781. The van der Waals surface area contributed by atoms with Crippen molar-refractivity contribution in [1.82, 2.24) is 20.2 Å². The van der Waals surface area contributed by atoms with E-state index in [1.165, 1.54) is 12.4 Å². The van der Waals surface area contributed by atoms with E-state index >= 15 is 0 Å². The van der Waals surface area contributed by atoms with Crippen LogP contribution < -0.4 is 4.72 Å². The number of halogens is 1. The molecule has 0 aliphatic heterocycles. The van der Waals surface area contributed by atoms with Crippen LogP contribution in [0.4, 0.5) is 5.82 Å². The molecule has 2 aromatic rings. The van der Waals surface area contributed by atoms with Crippen LogP contribution in [0, 0.1) is 0 Å². The van der Waals surface area contributed by atoms with E-state index in [2.05, 4.69) is 40.8 Å². The fraction of sp³-hybridized carbons (Fsp3) is 0.200. The largest absolute Gasteiger partial charge is 0.462 e. The lowest BCUT2D eigenvalue weighted by Crippen LogP contribution is -2.18. The van der Waals surface area contributed by atoms with Gasteiger partial charge in [-0.15, -0.1) is 0 Å². The van der Waals surface area contributed by atoms with Crippen molar-refractivity contribution >= 4 is 37.7 Å². The van der Waals surface area contributed by atoms with Gasteiger partial charge in [-0.25, -0.2) is 14.8 Å². The Morgan fingerprint density at radius 2 is 2.14 bits per heavy atom. The SMILES string of the molecule is CCOC(=O)c1cn[nH]c1S(=O)(=O)Nc1cnc(Br)cn1. The third-order valence-electron chi connectivity index (χ3n) is 2.23. The molecule has 21 heavy (non-hydrogen) atoms. The number of aromatic nitrogens is 4. The van der Waals surface area contributed by atoms with E-state index in [1.54, 1.807) is 6.92 Å².